The van der Waals surface area contributed by atoms with Crippen LogP contribution in [-0.4, -0.2) is 42.7 Å². The van der Waals surface area contributed by atoms with Crippen molar-refractivity contribution in [2.45, 2.75) is 38.8 Å². The van der Waals surface area contributed by atoms with Crippen LogP contribution in [-0.2, 0) is 36.7 Å². The van der Waals surface area contributed by atoms with Crippen molar-refractivity contribution in [2.75, 3.05) is 6.54 Å². The molecule has 0 atom stereocenters. The van der Waals surface area contributed by atoms with Gasteiger partial charge < -0.3 is 10.6 Å². The summed E-state index contributed by atoms with van der Waals surface area (Å²) in [6, 6.07) is 0.792. The minimum absolute atomic E-state index is 0.0205. The SMILES string of the molecule is Cc1cc(C(F)(F)F)n2ncc(C(=N)NC(=O)Cn3nc(C(F)(F)F)c4c3CCNC4)c2n1. The molecule has 1 aliphatic rings. The third-order valence-electron chi connectivity index (χ3n) is 4.99. The van der Waals surface area contributed by atoms with Gasteiger partial charge in [0.05, 0.1) is 11.8 Å². The van der Waals surface area contributed by atoms with E-state index >= 15 is 0 Å². The first-order chi connectivity index (χ1) is 15.4. The maximum Gasteiger partial charge on any atom is 0.435 e. The number of aryl methyl sites for hydroxylation is 1. The maximum atomic E-state index is 13.3. The van der Waals surface area contributed by atoms with E-state index in [1.54, 1.807) is 0 Å². The average molecular weight is 474 g/mol. The highest BCUT2D eigenvalue weighted by Gasteiger charge is 2.40. The van der Waals surface area contributed by atoms with Crippen molar-refractivity contribution < 1.29 is 31.1 Å². The van der Waals surface area contributed by atoms with E-state index in [4.69, 9.17) is 5.41 Å². The molecule has 3 aromatic rings. The summed E-state index contributed by atoms with van der Waals surface area (Å²) < 4.78 is 81.1. The van der Waals surface area contributed by atoms with Crippen LogP contribution < -0.4 is 10.6 Å². The van der Waals surface area contributed by atoms with Gasteiger partial charge in [0.25, 0.3) is 0 Å². The largest absolute Gasteiger partial charge is 0.435 e. The van der Waals surface area contributed by atoms with Gasteiger partial charge in [-0.15, -0.1) is 0 Å². The topological polar surface area (TPSA) is 113 Å². The molecule has 4 rings (SSSR count). The Morgan fingerprint density at radius 3 is 2.64 bits per heavy atom. The standard InChI is InChI=1S/C18H16F6N8O/c1-8-4-12(17(19,20)21)32-16(28-8)10(6-27-32)15(25)29-13(33)7-31-11-2-3-26-5-9(11)14(30-31)18(22,23)24/h4,6,26H,2-3,5,7H2,1H3,(H2,25,29,33). The third-order valence-corrected chi connectivity index (χ3v) is 4.99. The van der Waals surface area contributed by atoms with Crippen molar-refractivity contribution >= 4 is 17.4 Å². The lowest BCUT2D eigenvalue weighted by molar-refractivity contribution is -0.143. The molecule has 0 saturated carbocycles. The fourth-order valence-electron chi connectivity index (χ4n) is 3.62. The van der Waals surface area contributed by atoms with Crippen molar-refractivity contribution in [3.05, 3.63) is 46.2 Å². The Bertz CT molecular complexity index is 1260. The number of aromatic nitrogens is 5. The Kier molecular flexibility index (Phi) is 5.38. The minimum atomic E-state index is -4.73. The molecule has 0 spiro atoms. The number of halogens is 6. The summed E-state index contributed by atoms with van der Waals surface area (Å²) in [5.74, 6) is -1.47. The van der Waals surface area contributed by atoms with Gasteiger partial charge in [-0.3, -0.25) is 14.9 Å². The lowest BCUT2D eigenvalue weighted by atomic mass is 10.1. The Morgan fingerprint density at radius 1 is 1.24 bits per heavy atom. The predicted octanol–water partition coefficient (Wildman–Crippen LogP) is 2.06. The van der Waals surface area contributed by atoms with Crippen LogP contribution in [0.5, 0.6) is 0 Å². The van der Waals surface area contributed by atoms with Crippen LogP contribution >= 0.6 is 0 Å². The van der Waals surface area contributed by atoms with Gasteiger partial charge in [0.1, 0.15) is 18.1 Å². The molecular formula is C18H16F6N8O. The molecule has 0 bridgehead atoms. The normalized spacial score (nSPS) is 14.4. The number of rotatable bonds is 3. The zero-order valence-corrected chi connectivity index (χ0v) is 16.9. The molecule has 0 fully saturated rings. The maximum absolute atomic E-state index is 13.3. The summed E-state index contributed by atoms with van der Waals surface area (Å²) in [6.07, 6.45) is -8.26. The summed E-state index contributed by atoms with van der Waals surface area (Å²) in [4.78, 5) is 16.4. The molecule has 33 heavy (non-hydrogen) atoms. The zero-order chi connectivity index (χ0) is 24.1. The number of hydrogen-bond donors (Lipinski definition) is 3. The van der Waals surface area contributed by atoms with Gasteiger partial charge in [0, 0.05) is 36.5 Å². The monoisotopic (exact) mass is 474 g/mol. The van der Waals surface area contributed by atoms with Gasteiger partial charge in [-0.05, 0) is 13.0 Å². The minimum Gasteiger partial charge on any atom is -0.312 e. The van der Waals surface area contributed by atoms with Crippen LogP contribution in [0.25, 0.3) is 5.65 Å². The van der Waals surface area contributed by atoms with Crippen molar-refractivity contribution in [1.82, 2.24) is 35.0 Å². The van der Waals surface area contributed by atoms with Crippen molar-refractivity contribution in [1.29, 1.82) is 5.41 Å². The molecule has 0 radical (unpaired) electrons. The first-order valence-electron chi connectivity index (χ1n) is 9.54. The third kappa shape index (κ3) is 4.27. The van der Waals surface area contributed by atoms with Gasteiger partial charge in [0.2, 0.25) is 5.91 Å². The van der Waals surface area contributed by atoms with Crippen LogP contribution in [0.2, 0.25) is 0 Å². The molecule has 3 aromatic heterocycles. The Hall–Kier alpha value is -3.49. The Labute approximate surface area is 181 Å². The highest BCUT2D eigenvalue weighted by atomic mass is 19.4. The summed E-state index contributed by atoms with van der Waals surface area (Å²) in [6.45, 7) is 1.08. The fourth-order valence-corrected chi connectivity index (χ4v) is 3.62. The van der Waals surface area contributed by atoms with E-state index in [1.807, 2.05) is 0 Å². The Morgan fingerprint density at radius 2 is 1.97 bits per heavy atom. The highest BCUT2D eigenvalue weighted by molar-refractivity contribution is 6.09. The molecule has 3 N–H and O–H groups in total. The molecule has 4 heterocycles. The van der Waals surface area contributed by atoms with Crippen molar-refractivity contribution in [2.24, 2.45) is 0 Å². The van der Waals surface area contributed by atoms with Gasteiger partial charge in [-0.25, -0.2) is 9.50 Å². The molecule has 0 saturated heterocycles. The molecular weight excluding hydrogens is 458 g/mol. The highest BCUT2D eigenvalue weighted by Crippen LogP contribution is 2.34. The second-order valence-electron chi connectivity index (χ2n) is 7.35. The van der Waals surface area contributed by atoms with E-state index in [1.165, 1.54) is 6.92 Å². The number of amidine groups is 1. The number of carbonyl (C=O) groups is 1. The van der Waals surface area contributed by atoms with E-state index in [0.717, 1.165) is 16.9 Å². The number of nitrogens with one attached hydrogen (secondary N) is 3. The molecule has 0 unspecified atom stereocenters. The molecule has 176 valence electrons. The second kappa shape index (κ2) is 7.83. The van der Waals surface area contributed by atoms with Crippen LogP contribution in [0.4, 0.5) is 26.3 Å². The van der Waals surface area contributed by atoms with E-state index in [0.29, 0.717) is 11.1 Å². The van der Waals surface area contributed by atoms with E-state index in [-0.39, 0.29) is 41.1 Å². The number of fused-ring (bicyclic) bond motifs is 2. The summed E-state index contributed by atoms with van der Waals surface area (Å²) in [5.41, 5.74) is -2.44. The van der Waals surface area contributed by atoms with Crippen LogP contribution in [0, 0.1) is 12.3 Å². The van der Waals surface area contributed by atoms with E-state index in [2.05, 4.69) is 25.8 Å². The quantitative estimate of drug-likeness (QED) is 0.306. The lowest BCUT2D eigenvalue weighted by Gasteiger charge is -2.16. The lowest BCUT2D eigenvalue weighted by Crippen LogP contribution is -2.34. The molecule has 1 aliphatic heterocycles. The molecule has 0 aromatic carbocycles. The van der Waals surface area contributed by atoms with E-state index < -0.39 is 42.0 Å². The average Bonchev–Trinajstić information content (AvgIpc) is 3.28. The van der Waals surface area contributed by atoms with Crippen LogP contribution in [0.3, 0.4) is 0 Å². The molecule has 0 aliphatic carbocycles. The van der Waals surface area contributed by atoms with Crippen LogP contribution in [0.1, 0.15) is 33.9 Å². The van der Waals surface area contributed by atoms with Crippen molar-refractivity contribution in [3.8, 4) is 0 Å². The first-order valence-corrected chi connectivity index (χ1v) is 9.54. The van der Waals surface area contributed by atoms with Crippen LogP contribution in [0.15, 0.2) is 12.3 Å². The molecule has 9 nitrogen and oxygen atoms in total. The first kappa shape index (κ1) is 22.7. The number of hydrogen-bond acceptors (Lipinski definition) is 6. The smallest absolute Gasteiger partial charge is 0.312 e. The predicted molar refractivity (Wildman–Crippen MR) is 100 cm³/mol. The summed E-state index contributed by atoms with van der Waals surface area (Å²) in [5, 5.41) is 20.2. The second-order valence-corrected chi connectivity index (χ2v) is 7.35. The van der Waals surface area contributed by atoms with Gasteiger partial charge in [-0.1, -0.05) is 0 Å². The van der Waals surface area contributed by atoms with Gasteiger partial charge in [-0.2, -0.15) is 36.5 Å². The summed E-state index contributed by atoms with van der Waals surface area (Å²) in [7, 11) is 0. The van der Waals surface area contributed by atoms with Crippen molar-refractivity contribution in [3.63, 3.8) is 0 Å². The van der Waals surface area contributed by atoms with E-state index in [9.17, 15) is 31.1 Å². The van der Waals surface area contributed by atoms with Gasteiger partial charge >= 0.3 is 12.4 Å². The van der Waals surface area contributed by atoms with Gasteiger partial charge in [0.15, 0.2) is 11.3 Å². The summed E-state index contributed by atoms with van der Waals surface area (Å²) >= 11 is 0. The molecule has 15 heteroatoms. The number of amides is 1. The Balaban J connectivity index is 1.59. The number of alkyl halides is 6. The number of nitrogens with zero attached hydrogens (tertiary/aromatic N) is 5. The fraction of sp³-hybridized carbons (Fsp3) is 0.389. The zero-order valence-electron chi connectivity index (χ0n) is 16.9. The molecule has 1 amide bonds. The number of carbonyl (C=O) groups excluding carboxylic acids is 1.